The van der Waals surface area contributed by atoms with Gasteiger partial charge in [-0.25, -0.2) is 13.2 Å². The second-order valence-electron chi connectivity index (χ2n) is 34.7. The van der Waals surface area contributed by atoms with Gasteiger partial charge in [-0.05, 0) is 281 Å². The van der Waals surface area contributed by atoms with Crippen LogP contribution in [0.2, 0.25) is 10.0 Å². The molecule has 8 unspecified atom stereocenters. The van der Waals surface area contributed by atoms with E-state index < -0.39 is 64.4 Å². The average molecular weight is 2340 g/mol. The summed E-state index contributed by atoms with van der Waals surface area (Å²) in [4.78, 5) is 82.6. The predicted molar refractivity (Wildman–Crippen MR) is 569 cm³/mol. The summed E-state index contributed by atoms with van der Waals surface area (Å²) in [7, 11) is 6.46. The van der Waals surface area contributed by atoms with Crippen molar-refractivity contribution in [2.45, 2.75) is 80.2 Å². The largest absolute Gasteiger partial charge is 0.497 e. The average Bonchev–Trinajstić information content (AvgIpc) is 1.57. The van der Waals surface area contributed by atoms with E-state index in [-0.39, 0.29) is 68.4 Å². The van der Waals surface area contributed by atoms with E-state index in [1.807, 2.05) is 191 Å². The zero-order valence-electron chi connectivity index (χ0n) is 74.5. The lowest BCUT2D eigenvalue weighted by Crippen LogP contribution is -2.44. The molecule has 0 saturated carbocycles. The lowest BCUT2D eigenvalue weighted by Gasteiger charge is -2.37. The Morgan fingerprint density at radius 2 is 0.627 bits per heavy atom. The van der Waals surface area contributed by atoms with Crippen LogP contribution in [0.15, 0.2) is 271 Å². The zero-order valence-corrected chi connectivity index (χ0v) is 87.2. The molecule has 8 atom stereocenters. The molecule has 4 saturated heterocycles. The molecule has 4 aromatic heterocycles. The smallest absolute Gasteiger partial charge is 0.417 e. The number of H-pyrrole nitrogens is 4. The first-order chi connectivity index (χ1) is 68.3. The first kappa shape index (κ1) is 96.1. The summed E-state index contributed by atoms with van der Waals surface area (Å²) in [5.74, 6) is -0.0474. The second-order valence-corrected chi connectivity index (χ2v) is 41.6. The Balaban J connectivity index is 0.000000112. The topological polar surface area (TPSA) is 194 Å². The molecule has 4 amide bonds. The molecule has 716 valence electrons. The van der Waals surface area contributed by atoms with Crippen molar-refractivity contribution in [2.24, 2.45) is 0 Å². The van der Waals surface area contributed by atoms with Gasteiger partial charge in [-0.1, -0.05) is 157 Å². The minimum absolute atomic E-state index is 0.00314. The monoisotopic (exact) mass is 2340 g/mol. The number of carbonyl (C=O) groups excluding carboxylic acids is 4. The van der Waals surface area contributed by atoms with Crippen LogP contribution in [0.25, 0.3) is 43.6 Å². The van der Waals surface area contributed by atoms with Crippen molar-refractivity contribution >= 4 is 262 Å². The molecule has 0 radical (unpaired) electrons. The number of aromatic amines is 4. The van der Waals surface area contributed by atoms with Crippen molar-refractivity contribution in [3.63, 3.8) is 0 Å². The molecule has 12 aromatic carbocycles. The number of alkyl halides is 3. The highest BCUT2D eigenvalue weighted by Gasteiger charge is 2.57. The summed E-state index contributed by atoms with van der Waals surface area (Å²) in [6.07, 6.45) is -2.88. The van der Waals surface area contributed by atoms with Crippen LogP contribution in [0.4, 0.5) is 49.1 Å². The Morgan fingerprint density at radius 1 is 0.331 bits per heavy atom. The molecular weight excluding hydrogens is 2270 g/mol. The highest BCUT2D eigenvalue weighted by molar-refractivity contribution is 9.11. The number of halogens is 13. The summed E-state index contributed by atoms with van der Waals surface area (Å²) < 4.78 is 109. The van der Waals surface area contributed by atoms with E-state index in [0.717, 1.165) is 175 Å². The number of fused-ring (bicyclic) bond motifs is 16. The number of carbonyl (C=O) groups is 4. The van der Waals surface area contributed by atoms with Crippen molar-refractivity contribution in [2.75, 3.05) is 48.0 Å². The van der Waals surface area contributed by atoms with E-state index >= 15 is 0 Å². The second kappa shape index (κ2) is 37.9. The summed E-state index contributed by atoms with van der Waals surface area (Å²) >= 11 is 53.4. The van der Waals surface area contributed by atoms with Crippen LogP contribution in [0.3, 0.4) is 0 Å². The molecule has 0 aliphatic carbocycles. The highest BCUT2D eigenvalue weighted by atomic mass is 79.9. The van der Waals surface area contributed by atoms with Crippen molar-refractivity contribution in [3.05, 3.63) is 371 Å². The van der Waals surface area contributed by atoms with Gasteiger partial charge in [0.1, 0.15) is 64.6 Å². The standard InChI is InChI=1S/C27H18BrClF3N3O2S.C26H19Br2N3O2S.C26H18BrClFN3O2S.C26H18BrF2N3O2S/c1-37-16-6-2-13(3-7-16)24-23-18(17-10-14(28)4-9-21(17)33-23)12-22-25(36)34(26(38)35(22)24)15-5-8-20(29)19(11-15)27(30,31)32;1-33-18-8-5-14(6-9-18)24-23-20(19-12-16(28)7-10-21(19)29-23)13-22-25(32)30(26(34)31(22)24)17-4-2-3-15(27)11-17;1-34-16-6-2-13(3-7-16)24-23-18(17-10-14(27)4-8-20(17)30-23)12-22-25(33)32(26(35)31(22)24)21-9-5-15(29)11-19(21)28;1-34-16-6-2-13(3-7-16)24-23-18(17-10-14(27)4-8-20(17)30-23)12-22-25(33)32(26(35)31(22)24)21-9-5-15(28)11-19(21)29/h2-11,22,24,33H,12H2,1H3;2-12,22,24,29H,13H2,1H3;2*2-11,22,24,30H,12H2,1H3. The van der Waals surface area contributed by atoms with Crippen LogP contribution in [-0.2, 0) is 51.0 Å². The zero-order chi connectivity index (χ0) is 99.3. The van der Waals surface area contributed by atoms with E-state index in [2.05, 4.69) is 123 Å². The normalized spacial score (nSPS) is 19.3. The lowest BCUT2D eigenvalue weighted by molar-refractivity contribution is -0.137. The van der Waals surface area contributed by atoms with Crippen molar-refractivity contribution < 1.29 is 64.5 Å². The van der Waals surface area contributed by atoms with Crippen LogP contribution >= 0.6 is 152 Å². The maximum Gasteiger partial charge on any atom is 0.417 e. The van der Waals surface area contributed by atoms with Crippen LogP contribution in [0, 0.1) is 17.5 Å². The maximum atomic E-state index is 14.7. The summed E-state index contributed by atoms with van der Waals surface area (Å²) in [6, 6.07) is 69.5. The summed E-state index contributed by atoms with van der Waals surface area (Å²) in [5.41, 5.74) is 15.8. The van der Waals surface area contributed by atoms with Gasteiger partial charge in [0.2, 0.25) is 0 Å². The van der Waals surface area contributed by atoms with E-state index in [0.29, 0.717) is 53.1 Å². The Labute approximate surface area is 880 Å². The Hall–Kier alpha value is -12.0. The number of ether oxygens (including phenoxy) is 4. The van der Waals surface area contributed by atoms with Gasteiger partial charge in [0.25, 0.3) is 23.6 Å². The Bertz CT molecular complexity index is 7750. The molecule has 8 aliphatic heterocycles. The number of anilines is 4. The molecule has 8 aliphatic rings. The summed E-state index contributed by atoms with van der Waals surface area (Å²) in [5, 5.41) is 5.01. The Kier molecular flexibility index (Phi) is 25.7. The third kappa shape index (κ3) is 16.8. The molecule has 4 N–H and O–H groups in total. The number of aromatic nitrogens is 4. The third-order valence-electron chi connectivity index (χ3n) is 27.0. The van der Waals surface area contributed by atoms with Crippen LogP contribution in [0.5, 0.6) is 23.0 Å². The molecule has 142 heavy (non-hydrogen) atoms. The van der Waals surface area contributed by atoms with Gasteiger partial charge in [-0.15, -0.1) is 0 Å². The number of nitrogens with one attached hydrogen (secondary N) is 4. The van der Waals surface area contributed by atoms with E-state index in [9.17, 15) is 45.5 Å². The van der Waals surface area contributed by atoms with E-state index in [4.69, 9.17) is 91.0 Å². The van der Waals surface area contributed by atoms with Crippen LogP contribution in [0.1, 0.15) is 97.0 Å². The van der Waals surface area contributed by atoms with E-state index in [1.165, 1.54) is 45.0 Å². The van der Waals surface area contributed by atoms with Gasteiger partial charge < -0.3 is 58.5 Å². The lowest BCUT2D eigenvalue weighted by atomic mass is 9.89. The number of amides is 4. The molecule has 4 fully saturated rings. The van der Waals surface area contributed by atoms with Gasteiger partial charge in [0, 0.05) is 121 Å². The van der Waals surface area contributed by atoms with Gasteiger partial charge in [-0.3, -0.25) is 38.8 Å². The molecule has 24 rings (SSSR count). The number of rotatable bonds is 12. The first-order valence-corrected chi connectivity index (χ1v) is 50.6. The number of thiocarbonyl (C=S) groups is 4. The van der Waals surface area contributed by atoms with Crippen LogP contribution < -0.4 is 38.5 Å². The fraction of sp³-hybridized carbons (Fsp3) is 0.162. The SMILES string of the molecule is COc1ccc(C2c3[nH]c4ccc(Br)cc4c3CC3C(=O)N(c4ccc(Cl)c(C(F)(F)F)c4)C(=S)N32)cc1.COc1ccc(C2c3[nH]c4ccc(Br)cc4c3CC3C(=O)N(c4ccc(F)cc4Cl)C(=S)N32)cc1.COc1ccc(C2c3[nH]c4ccc(Br)cc4c3CC3C(=O)N(c4ccc(F)cc4F)C(=S)N32)cc1.COc1ccc(C2c3[nH]c4ccc(Br)cc4c3CC3C(=O)N(c4cccc(Br)c4)C(=S)N32)cc1. The number of hydrogen-bond donors (Lipinski definition) is 4. The molecule has 0 spiro atoms. The minimum Gasteiger partial charge on any atom is -0.497 e. The molecule has 0 bridgehead atoms. The molecule has 12 heterocycles. The fourth-order valence-corrected chi connectivity index (χ4v) is 24.6. The number of hydrogen-bond acceptors (Lipinski definition) is 12. The van der Waals surface area contributed by atoms with Crippen molar-refractivity contribution in [3.8, 4) is 23.0 Å². The van der Waals surface area contributed by atoms with E-state index in [1.54, 1.807) is 33.3 Å². The number of nitrogens with zero attached hydrogens (tertiary/aromatic N) is 8. The van der Waals surface area contributed by atoms with Gasteiger partial charge in [0.15, 0.2) is 20.4 Å². The molecule has 37 heteroatoms. The van der Waals surface area contributed by atoms with Gasteiger partial charge in [0.05, 0.1) is 91.0 Å². The van der Waals surface area contributed by atoms with Crippen molar-refractivity contribution in [1.29, 1.82) is 0 Å². The summed E-state index contributed by atoms with van der Waals surface area (Å²) in [6.45, 7) is 0. The van der Waals surface area contributed by atoms with Crippen LogP contribution in [-0.4, -0.2) is 136 Å². The number of benzene rings is 12. The van der Waals surface area contributed by atoms with Gasteiger partial charge >= 0.3 is 6.18 Å². The third-order valence-corrected chi connectivity index (χ3v) is 31.7. The Morgan fingerprint density at radius 3 is 0.937 bits per heavy atom. The minimum atomic E-state index is -4.68. The highest BCUT2D eigenvalue weighted by Crippen LogP contribution is 2.54. The molecule has 20 nitrogen and oxygen atoms in total. The first-order valence-electron chi connectivity index (χ1n) is 44.2. The maximum absolute atomic E-state index is 14.7. The molecule has 16 aromatic rings. The van der Waals surface area contributed by atoms with Crippen molar-refractivity contribution in [1.82, 2.24) is 39.5 Å². The fourth-order valence-electron chi connectivity index (χ4n) is 20.6. The predicted octanol–water partition coefficient (Wildman–Crippen LogP) is 25.9. The number of methoxy groups -OCH3 is 4. The molecular formula is C105H73Br5Cl2F6N12O8S4. The quantitative estimate of drug-likeness (QED) is 0.0666. The van der Waals surface area contributed by atoms with Gasteiger partial charge in [-0.2, -0.15) is 13.2 Å².